The Morgan fingerprint density at radius 3 is 2.43 bits per heavy atom. The molecule has 1 heterocycles. The normalized spacial score (nSPS) is 16.6. The van der Waals surface area contributed by atoms with Crippen LogP contribution < -0.4 is 5.32 Å². The van der Waals surface area contributed by atoms with Gasteiger partial charge in [-0.05, 0) is 43.6 Å². The minimum atomic E-state index is -3.14. The molecule has 0 unspecified atom stereocenters. The van der Waals surface area contributed by atoms with E-state index in [1.54, 1.807) is 0 Å². The zero-order valence-electron chi connectivity index (χ0n) is 13.5. The van der Waals surface area contributed by atoms with E-state index in [0.717, 1.165) is 31.3 Å². The number of hydrogen-bond acceptors (Lipinski definition) is 4. The fourth-order valence-corrected chi connectivity index (χ4v) is 3.06. The van der Waals surface area contributed by atoms with Crippen molar-refractivity contribution in [3.8, 4) is 0 Å². The minimum absolute atomic E-state index is 0.196. The number of hydrogen-bond donors (Lipinski definition) is 1. The van der Waals surface area contributed by atoms with Crippen molar-refractivity contribution in [2.45, 2.75) is 25.8 Å². The molecule has 1 aliphatic heterocycles. The molecule has 0 saturated carbocycles. The Bertz CT molecular complexity index is 645. The summed E-state index contributed by atoms with van der Waals surface area (Å²) >= 11 is 0. The summed E-state index contributed by atoms with van der Waals surface area (Å²) in [5, 5.41) is 3.76. The van der Waals surface area contributed by atoms with Crippen LogP contribution in [0.4, 0.5) is 0 Å². The third kappa shape index (κ3) is 6.54. The van der Waals surface area contributed by atoms with Crippen LogP contribution in [0.3, 0.4) is 0 Å². The first-order chi connectivity index (χ1) is 10.9. The van der Waals surface area contributed by atoms with Crippen LogP contribution in [0, 0.1) is 0 Å². The molecule has 0 aromatic heterocycles. The lowest BCUT2D eigenvalue weighted by Crippen LogP contribution is -2.29. The highest BCUT2D eigenvalue weighted by Crippen LogP contribution is 2.13. The second kappa shape index (κ2) is 8.26. The minimum Gasteiger partial charge on any atom is -0.349 e. The highest BCUT2D eigenvalue weighted by atomic mass is 32.2. The van der Waals surface area contributed by atoms with E-state index in [9.17, 15) is 13.2 Å². The average Bonchev–Trinajstić information content (AvgIpc) is 2.52. The summed E-state index contributed by atoms with van der Waals surface area (Å²) in [7, 11) is -3.14. The quantitative estimate of drug-likeness (QED) is 0.862. The molecule has 0 atom stereocenters. The second-order valence-corrected chi connectivity index (χ2v) is 7.88. The molecule has 126 valence electrons. The Hall–Kier alpha value is -1.66. The van der Waals surface area contributed by atoms with Crippen molar-refractivity contribution in [1.82, 2.24) is 10.2 Å². The van der Waals surface area contributed by atoms with Crippen molar-refractivity contribution in [3.05, 3.63) is 46.9 Å². The largest absolute Gasteiger partial charge is 0.349 e. The topological polar surface area (TPSA) is 66.5 Å². The van der Waals surface area contributed by atoms with Crippen LogP contribution in [0.25, 0.3) is 0 Å². The van der Waals surface area contributed by atoms with Gasteiger partial charge < -0.3 is 5.32 Å². The van der Waals surface area contributed by atoms with Gasteiger partial charge in [-0.2, -0.15) is 0 Å². The Morgan fingerprint density at radius 2 is 1.83 bits per heavy atom. The van der Waals surface area contributed by atoms with Crippen LogP contribution >= 0.6 is 0 Å². The molecule has 5 nitrogen and oxygen atoms in total. The molecule has 1 amide bonds. The molecule has 1 N–H and O–H groups in total. The molecule has 0 aliphatic carbocycles. The summed E-state index contributed by atoms with van der Waals surface area (Å²) < 4.78 is 21.9. The predicted octanol–water partition coefficient (Wildman–Crippen LogP) is 1.96. The van der Waals surface area contributed by atoms with Crippen LogP contribution in [0.15, 0.2) is 35.7 Å². The van der Waals surface area contributed by atoms with E-state index < -0.39 is 9.84 Å². The molecule has 1 fully saturated rings. The molecule has 1 aliphatic rings. The molecule has 0 bridgehead atoms. The van der Waals surface area contributed by atoms with Crippen molar-refractivity contribution >= 4 is 15.7 Å². The average molecular weight is 336 g/mol. The fraction of sp³-hybridized carbons (Fsp3) is 0.471. The summed E-state index contributed by atoms with van der Waals surface area (Å²) in [6.45, 7) is 3.42. The lowest BCUT2D eigenvalue weighted by molar-refractivity contribution is 0.0958. The number of rotatable bonds is 6. The Morgan fingerprint density at radius 1 is 1.17 bits per heavy atom. The lowest BCUT2D eigenvalue weighted by Gasteiger charge is -2.26. The zero-order valence-corrected chi connectivity index (χ0v) is 14.3. The smallest absolute Gasteiger partial charge is 0.251 e. The van der Waals surface area contributed by atoms with Crippen LogP contribution in [0.5, 0.6) is 0 Å². The summed E-state index contributed by atoms with van der Waals surface area (Å²) in [5.74, 6) is -0.201. The van der Waals surface area contributed by atoms with Gasteiger partial charge >= 0.3 is 0 Å². The SMILES string of the molecule is CS(=O)(=O)/C=C/CNC(=O)c1ccc(CN2CCCCC2)cc1. The predicted molar refractivity (Wildman–Crippen MR) is 91.9 cm³/mol. The van der Waals surface area contributed by atoms with Crippen LogP contribution in [-0.4, -0.2) is 45.1 Å². The maximum atomic E-state index is 12.0. The van der Waals surface area contributed by atoms with Gasteiger partial charge in [-0.15, -0.1) is 0 Å². The maximum absolute atomic E-state index is 12.0. The summed E-state index contributed by atoms with van der Waals surface area (Å²) in [5.41, 5.74) is 1.79. The Labute approximate surface area is 138 Å². The first kappa shape index (κ1) is 17.7. The molecule has 1 aromatic rings. The van der Waals surface area contributed by atoms with Crippen LogP contribution in [0.1, 0.15) is 35.2 Å². The van der Waals surface area contributed by atoms with E-state index >= 15 is 0 Å². The van der Waals surface area contributed by atoms with Crippen molar-refractivity contribution in [2.75, 3.05) is 25.9 Å². The van der Waals surface area contributed by atoms with Crippen molar-refractivity contribution in [1.29, 1.82) is 0 Å². The zero-order chi connectivity index (χ0) is 16.7. The monoisotopic (exact) mass is 336 g/mol. The molecular formula is C17H24N2O3S. The van der Waals surface area contributed by atoms with Crippen LogP contribution in [-0.2, 0) is 16.4 Å². The molecule has 2 rings (SSSR count). The van der Waals surface area contributed by atoms with Crippen molar-refractivity contribution < 1.29 is 13.2 Å². The second-order valence-electron chi connectivity index (χ2n) is 5.95. The number of sulfone groups is 1. The molecule has 1 aromatic carbocycles. The summed E-state index contributed by atoms with van der Waals surface area (Å²) in [4.78, 5) is 14.4. The molecule has 0 radical (unpaired) electrons. The third-order valence-electron chi connectivity index (χ3n) is 3.79. The standard InChI is InChI=1S/C17H24N2O3S/c1-23(21,22)13-5-10-18-17(20)16-8-6-15(7-9-16)14-19-11-3-2-4-12-19/h5-9,13H,2-4,10-12,14H2,1H3,(H,18,20)/b13-5+. The Balaban J connectivity index is 1.83. The van der Waals surface area contributed by atoms with Gasteiger partial charge in [0.05, 0.1) is 0 Å². The number of nitrogens with zero attached hydrogens (tertiary/aromatic N) is 1. The maximum Gasteiger partial charge on any atom is 0.251 e. The molecule has 0 spiro atoms. The van der Waals surface area contributed by atoms with Crippen LogP contribution in [0.2, 0.25) is 0 Å². The first-order valence-electron chi connectivity index (χ1n) is 7.90. The summed E-state index contributed by atoms with van der Waals surface area (Å²) in [6, 6.07) is 7.59. The highest BCUT2D eigenvalue weighted by Gasteiger charge is 2.11. The lowest BCUT2D eigenvalue weighted by atomic mass is 10.1. The number of likely N-dealkylation sites (tertiary alicyclic amines) is 1. The highest BCUT2D eigenvalue weighted by molar-refractivity contribution is 7.93. The third-order valence-corrected chi connectivity index (χ3v) is 4.48. The van der Waals surface area contributed by atoms with Gasteiger partial charge in [0.2, 0.25) is 0 Å². The summed E-state index contributed by atoms with van der Waals surface area (Å²) in [6.07, 6.45) is 6.40. The molecular weight excluding hydrogens is 312 g/mol. The number of carbonyl (C=O) groups excluding carboxylic acids is 1. The Kier molecular flexibility index (Phi) is 6.36. The molecule has 23 heavy (non-hydrogen) atoms. The van der Waals surface area contributed by atoms with E-state index in [1.807, 2.05) is 24.3 Å². The number of carbonyl (C=O) groups is 1. The van der Waals surface area contributed by atoms with E-state index in [4.69, 9.17) is 0 Å². The molecule has 6 heteroatoms. The van der Waals surface area contributed by atoms with Gasteiger partial charge in [0.1, 0.15) is 0 Å². The molecule has 1 saturated heterocycles. The van der Waals surface area contributed by atoms with Gasteiger partial charge in [0.25, 0.3) is 5.91 Å². The first-order valence-corrected chi connectivity index (χ1v) is 9.85. The van der Waals surface area contributed by atoms with Gasteiger partial charge in [0, 0.05) is 30.3 Å². The van der Waals surface area contributed by atoms with Gasteiger partial charge in [0.15, 0.2) is 9.84 Å². The number of nitrogens with one attached hydrogen (secondary N) is 1. The van der Waals surface area contributed by atoms with E-state index in [-0.39, 0.29) is 12.5 Å². The van der Waals surface area contributed by atoms with Gasteiger partial charge in [-0.25, -0.2) is 8.42 Å². The number of amides is 1. The number of benzene rings is 1. The number of piperidine rings is 1. The fourth-order valence-electron chi connectivity index (χ4n) is 2.61. The van der Waals surface area contributed by atoms with Crippen molar-refractivity contribution in [3.63, 3.8) is 0 Å². The van der Waals surface area contributed by atoms with Crippen molar-refractivity contribution in [2.24, 2.45) is 0 Å². The van der Waals surface area contributed by atoms with E-state index in [2.05, 4.69) is 10.2 Å². The van der Waals surface area contributed by atoms with E-state index in [1.165, 1.54) is 30.9 Å². The van der Waals surface area contributed by atoms with Gasteiger partial charge in [-0.3, -0.25) is 9.69 Å². The van der Waals surface area contributed by atoms with E-state index in [0.29, 0.717) is 5.56 Å². The van der Waals surface area contributed by atoms with Gasteiger partial charge in [-0.1, -0.05) is 24.6 Å².